The molecule has 1 fully saturated rings. The second kappa shape index (κ2) is 6.30. The average molecular weight is 358 g/mol. The van der Waals surface area contributed by atoms with Gasteiger partial charge in [0.1, 0.15) is 0 Å². The van der Waals surface area contributed by atoms with Gasteiger partial charge in [0.15, 0.2) is 0 Å². The third kappa shape index (κ3) is 3.25. The highest BCUT2D eigenvalue weighted by Crippen LogP contribution is 2.35. The van der Waals surface area contributed by atoms with Crippen LogP contribution in [0, 0.1) is 0 Å². The Labute approximate surface area is 149 Å². The Morgan fingerprint density at radius 2 is 2.04 bits per heavy atom. The summed E-state index contributed by atoms with van der Waals surface area (Å²) >= 11 is 0. The number of allylic oxidation sites excluding steroid dienone is 1. The molecule has 0 bridgehead atoms. The molecule has 2 aromatic rings. The molecule has 0 radical (unpaired) electrons. The first kappa shape index (κ1) is 16.9. The Bertz CT molecular complexity index is 925. The van der Waals surface area contributed by atoms with Crippen LogP contribution in [0.15, 0.2) is 35.4 Å². The Balaban J connectivity index is 1.51. The summed E-state index contributed by atoms with van der Waals surface area (Å²) in [6.07, 6.45) is 7.01. The lowest BCUT2D eigenvalue weighted by atomic mass is 9.92. The van der Waals surface area contributed by atoms with E-state index in [4.69, 9.17) is 0 Å². The van der Waals surface area contributed by atoms with Crippen LogP contribution in [-0.4, -0.2) is 26.5 Å². The molecule has 26 heavy (non-hydrogen) atoms. The van der Waals surface area contributed by atoms with Gasteiger partial charge in [-0.2, -0.15) is 0 Å². The van der Waals surface area contributed by atoms with Crippen molar-refractivity contribution in [2.75, 3.05) is 5.32 Å². The molecule has 136 valence electrons. The van der Waals surface area contributed by atoms with Crippen molar-refractivity contribution in [3.63, 3.8) is 0 Å². The minimum absolute atomic E-state index is 0.00912. The van der Waals surface area contributed by atoms with Gasteiger partial charge in [-0.1, -0.05) is 6.08 Å². The second-order valence-electron chi connectivity index (χ2n) is 7.02. The highest BCUT2D eigenvalue weighted by molar-refractivity contribution is 5.83. The van der Waals surface area contributed by atoms with Crippen LogP contribution in [0.2, 0.25) is 0 Å². The first-order valence-electron chi connectivity index (χ1n) is 8.79. The quantitative estimate of drug-likeness (QED) is 0.916. The van der Waals surface area contributed by atoms with Crippen molar-refractivity contribution < 1.29 is 8.78 Å². The summed E-state index contributed by atoms with van der Waals surface area (Å²) in [4.78, 5) is 20.5. The van der Waals surface area contributed by atoms with Crippen LogP contribution in [0.3, 0.4) is 0 Å². The topological polar surface area (TPSA) is 59.8 Å². The lowest BCUT2D eigenvalue weighted by molar-refractivity contribution is -0.0361. The fourth-order valence-electron chi connectivity index (χ4n) is 3.57. The molecular weight excluding hydrogens is 338 g/mol. The van der Waals surface area contributed by atoms with E-state index in [9.17, 15) is 13.6 Å². The van der Waals surface area contributed by atoms with Gasteiger partial charge in [0.25, 0.3) is 0 Å². The molecule has 0 aromatic carbocycles. The lowest BCUT2D eigenvalue weighted by Gasteiger charge is -2.28. The van der Waals surface area contributed by atoms with Crippen molar-refractivity contribution in [3.05, 3.63) is 57.8 Å². The number of halogens is 2. The van der Waals surface area contributed by atoms with Crippen molar-refractivity contribution in [3.8, 4) is 0 Å². The van der Waals surface area contributed by atoms with Crippen molar-refractivity contribution in [1.82, 2.24) is 14.5 Å². The predicted molar refractivity (Wildman–Crippen MR) is 95.3 cm³/mol. The fourth-order valence-corrected chi connectivity index (χ4v) is 3.57. The smallest absolute Gasteiger partial charge is 0.250 e. The molecule has 2 aromatic heterocycles. The SMILES string of the molecule is Cn1cc(C2=CCc3nc(NC4CCC(F)(F)CC4)ncc32)ccc1=O. The molecule has 0 saturated heterocycles. The third-order valence-electron chi connectivity index (χ3n) is 5.10. The molecule has 0 unspecified atom stereocenters. The number of aryl methyl sites for hydroxylation is 1. The molecule has 0 amide bonds. The van der Waals surface area contributed by atoms with E-state index < -0.39 is 5.92 Å². The Hall–Kier alpha value is -2.57. The number of anilines is 1. The van der Waals surface area contributed by atoms with Crippen molar-refractivity contribution >= 4 is 11.5 Å². The number of fused-ring (bicyclic) bond motifs is 1. The highest BCUT2D eigenvalue weighted by atomic mass is 19.3. The monoisotopic (exact) mass is 358 g/mol. The third-order valence-corrected chi connectivity index (χ3v) is 5.10. The summed E-state index contributed by atoms with van der Waals surface area (Å²) in [5.74, 6) is -2.04. The summed E-state index contributed by atoms with van der Waals surface area (Å²) in [5, 5.41) is 3.20. The molecule has 5 nitrogen and oxygen atoms in total. The summed E-state index contributed by atoms with van der Waals surface area (Å²) in [7, 11) is 1.72. The number of nitrogens with one attached hydrogen (secondary N) is 1. The molecule has 1 N–H and O–H groups in total. The molecular formula is C19H20F2N4O. The summed E-state index contributed by atoms with van der Waals surface area (Å²) in [5.41, 5.74) is 3.77. The van der Waals surface area contributed by atoms with Gasteiger partial charge in [0.2, 0.25) is 17.4 Å². The van der Waals surface area contributed by atoms with Crippen LogP contribution in [-0.2, 0) is 13.5 Å². The van der Waals surface area contributed by atoms with Gasteiger partial charge in [0.05, 0.1) is 5.69 Å². The van der Waals surface area contributed by atoms with Gasteiger partial charge >= 0.3 is 0 Å². The maximum absolute atomic E-state index is 13.3. The van der Waals surface area contributed by atoms with Crippen LogP contribution in [0.1, 0.15) is 42.5 Å². The fraction of sp³-hybridized carbons (Fsp3) is 0.421. The van der Waals surface area contributed by atoms with E-state index in [1.807, 2.05) is 0 Å². The normalized spacial score (nSPS) is 19.1. The largest absolute Gasteiger partial charge is 0.351 e. The summed E-state index contributed by atoms with van der Waals surface area (Å²) in [6.45, 7) is 0. The zero-order chi connectivity index (χ0) is 18.3. The number of rotatable bonds is 3. The number of hydrogen-bond donors (Lipinski definition) is 1. The first-order valence-corrected chi connectivity index (χ1v) is 8.79. The number of nitrogens with zero attached hydrogens (tertiary/aromatic N) is 3. The lowest BCUT2D eigenvalue weighted by Crippen LogP contribution is -2.32. The van der Waals surface area contributed by atoms with E-state index >= 15 is 0 Å². The van der Waals surface area contributed by atoms with Crippen molar-refractivity contribution in [2.24, 2.45) is 7.05 Å². The van der Waals surface area contributed by atoms with Gasteiger partial charge in [-0.3, -0.25) is 4.79 Å². The minimum atomic E-state index is -2.54. The Morgan fingerprint density at radius 1 is 1.27 bits per heavy atom. The van der Waals surface area contributed by atoms with Crippen LogP contribution in [0.5, 0.6) is 0 Å². The zero-order valence-electron chi connectivity index (χ0n) is 14.5. The molecule has 1 saturated carbocycles. The molecule has 0 atom stereocenters. The van der Waals surface area contributed by atoms with E-state index in [1.165, 1.54) is 0 Å². The maximum Gasteiger partial charge on any atom is 0.250 e. The molecule has 2 heterocycles. The average Bonchev–Trinajstić information content (AvgIpc) is 3.02. The van der Waals surface area contributed by atoms with Crippen LogP contribution >= 0.6 is 0 Å². The van der Waals surface area contributed by atoms with E-state index in [0.29, 0.717) is 25.2 Å². The molecule has 4 rings (SSSR count). The van der Waals surface area contributed by atoms with E-state index in [0.717, 1.165) is 22.4 Å². The number of hydrogen-bond acceptors (Lipinski definition) is 4. The zero-order valence-corrected chi connectivity index (χ0v) is 14.5. The van der Waals surface area contributed by atoms with Crippen molar-refractivity contribution in [1.29, 1.82) is 0 Å². The number of aromatic nitrogens is 3. The van der Waals surface area contributed by atoms with Gasteiger partial charge < -0.3 is 9.88 Å². The minimum Gasteiger partial charge on any atom is -0.351 e. The van der Waals surface area contributed by atoms with Crippen LogP contribution in [0.25, 0.3) is 5.57 Å². The van der Waals surface area contributed by atoms with Crippen LogP contribution < -0.4 is 10.9 Å². The van der Waals surface area contributed by atoms with E-state index in [-0.39, 0.29) is 24.4 Å². The first-order chi connectivity index (χ1) is 12.4. The van der Waals surface area contributed by atoms with Gasteiger partial charge in [-0.25, -0.2) is 18.7 Å². The number of pyridine rings is 1. The van der Waals surface area contributed by atoms with Crippen LogP contribution in [0.4, 0.5) is 14.7 Å². The van der Waals surface area contributed by atoms with Crippen molar-refractivity contribution in [2.45, 2.75) is 44.1 Å². The molecule has 2 aliphatic carbocycles. The van der Waals surface area contributed by atoms with Gasteiger partial charge in [-0.15, -0.1) is 0 Å². The van der Waals surface area contributed by atoms with E-state index in [1.54, 1.807) is 36.1 Å². The summed E-state index contributed by atoms with van der Waals surface area (Å²) < 4.78 is 28.1. The molecule has 7 heteroatoms. The number of alkyl halides is 2. The molecule has 0 spiro atoms. The summed E-state index contributed by atoms with van der Waals surface area (Å²) in [6, 6.07) is 3.34. The standard InChI is InChI=1S/C19H20F2N4O/c1-25-11-12(2-5-17(25)26)14-3-4-16-15(14)10-22-18(24-16)23-13-6-8-19(20,21)9-7-13/h2-3,5,10-11,13H,4,6-9H2,1H3,(H,22,23,24). The highest BCUT2D eigenvalue weighted by Gasteiger charge is 2.35. The second-order valence-corrected chi connectivity index (χ2v) is 7.02. The predicted octanol–water partition coefficient (Wildman–Crippen LogP) is 3.15. The Kier molecular flexibility index (Phi) is 4.09. The maximum atomic E-state index is 13.3. The Morgan fingerprint density at radius 3 is 2.77 bits per heavy atom. The molecule has 2 aliphatic rings. The van der Waals surface area contributed by atoms with Gasteiger partial charge in [0, 0.05) is 56.4 Å². The molecule has 0 aliphatic heterocycles. The van der Waals surface area contributed by atoms with E-state index in [2.05, 4.69) is 21.4 Å². The van der Waals surface area contributed by atoms with Gasteiger partial charge in [-0.05, 0) is 30.0 Å².